The van der Waals surface area contributed by atoms with Gasteiger partial charge in [-0.15, -0.1) is 0 Å². The lowest BCUT2D eigenvalue weighted by atomic mass is 9.98. The van der Waals surface area contributed by atoms with E-state index in [1.54, 1.807) is 21.9 Å². The molecule has 0 aliphatic carbocycles. The molecular formula is C26H28N6O3. The van der Waals surface area contributed by atoms with E-state index in [-0.39, 0.29) is 24.3 Å². The summed E-state index contributed by atoms with van der Waals surface area (Å²) in [5, 5.41) is 0. The van der Waals surface area contributed by atoms with Crippen LogP contribution in [0.4, 0.5) is 11.6 Å². The van der Waals surface area contributed by atoms with E-state index in [0.717, 1.165) is 29.9 Å². The Bertz CT molecular complexity index is 1300. The molecule has 35 heavy (non-hydrogen) atoms. The number of imidazole rings is 1. The van der Waals surface area contributed by atoms with Crippen molar-refractivity contribution in [3.63, 3.8) is 0 Å². The van der Waals surface area contributed by atoms with E-state index in [1.807, 2.05) is 48.2 Å². The van der Waals surface area contributed by atoms with Crippen molar-refractivity contribution >= 4 is 40.4 Å². The number of benzene rings is 2. The van der Waals surface area contributed by atoms with Gasteiger partial charge in [-0.3, -0.25) is 19.3 Å². The third-order valence-electron chi connectivity index (χ3n) is 7.56. The molecule has 0 spiro atoms. The van der Waals surface area contributed by atoms with Crippen LogP contribution in [0.1, 0.15) is 36.5 Å². The number of hydrogen-bond acceptors (Lipinski definition) is 5. The smallest absolute Gasteiger partial charge is 0.258 e. The number of carbonyl (C=O) groups is 3. The summed E-state index contributed by atoms with van der Waals surface area (Å²) in [4.78, 5) is 55.1. The maximum atomic E-state index is 13.5. The minimum absolute atomic E-state index is 0.0128. The third-order valence-corrected chi connectivity index (χ3v) is 7.56. The van der Waals surface area contributed by atoms with Crippen molar-refractivity contribution in [1.82, 2.24) is 19.8 Å². The fourth-order valence-corrected chi connectivity index (χ4v) is 5.64. The van der Waals surface area contributed by atoms with E-state index in [0.29, 0.717) is 43.7 Å². The van der Waals surface area contributed by atoms with E-state index in [2.05, 4.69) is 9.88 Å². The Morgan fingerprint density at radius 2 is 1.83 bits per heavy atom. The number of rotatable bonds is 3. The second-order valence-corrected chi connectivity index (χ2v) is 9.65. The van der Waals surface area contributed by atoms with E-state index >= 15 is 0 Å². The van der Waals surface area contributed by atoms with Gasteiger partial charge in [-0.2, -0.15) is 0 Å². The van der Waals surface area contributed by atoms with Crippen LogP contribution in [0.5, 0.6) is 0 Å². The molecule has 1 unspecified atom stereocenters. The van der Waals surface area contributed by atoms with Crippen LogP contribution in [-0.4, -0.2) is 75.9 Å². The van der Waals surface area contributed by atoms with Gasteiger partial charge in [0, 0.05) is 32.6 Å². The first-order valence-corrected chi connectivity index (χ1v) is 12.2. The summed E-state index contributed by atoms with van der Waals surface area (Å²) in [5.41, 5.74) is 2.20. The monoisotopic (exact) mass is 472 g/mol. The molecule has 180 valence electrons. The fraction of sp³-hybridized carbons (Fsp3) is 0.385. The number of fused-ring (bicyclic) bond motifs is 4. The zero-order valence-electron chi connectivity index (χ0n) is 19.7. The van der Waals surface area contributed by atoms with Gasteiger partial charge >= 0.3 is 0 Å². The van der Waals surface area contributed by atoms with Crippen molar-refractivity contribution in [2.45, 2.75) is 31.8 Å². The third kappa shape index (κ3) is 3.45. The number of carbonyl (C=O) groups excluding carboxylic acids is 3. The highest BCUT2D eigenvalue weighted by molar-refractivity contribution is 6.11. The minimum atomic E-state index is -0.829. The highest BCUT2D eigenvalue weighted by atomic mass is 16.2. The van der Waals surface area contributed by atoms with Crippen LogP contribution in [0.2, 0.25) is 0 Å². The molecule has 6 rings (SSSR count). The average Bonchev–Trinajstić information content (AvgIpc) is 3.32. The molecule has 2 fully saturated rings. The molecule has 1 atom stereocenters. The van der Waals surface area contributed by atoms with Crippen molar-refractivity contribution in [2.75, 3.05) is 42.5 Å². The molecule has 2 aromatic carbocycles. The number of aromatic amines is 1. The maximum Gasteiger partial charge on any atom is 0.258 e. The summed E-state index contributed by atoms with van der Waals surface area (Å²) >= 11 is 0. The van der Waals surface area contributed by atoms with Crippen LogP contribution < -0.4 is 9.80 Å². The van der Waals surface area contributed by atoms with E-state index in [9.17, 15) is 14.4 Å². The zero-order valence-corrected chi connectivity index (χ0v) is 19.7. The van der Waals surface area contributed by atoms with E-state index in [1.165, 1.54) is 0 Å². The number of nitrogens with zero attached hydrogens (tertiary/aromatic N) is 5. The van der Waals surface area contributed by atoms with Gasteiger partial charge in [-0.05, 0) is 44.0 Å². The number of amides is 3. The Balaban J connectivity index is 1.20. The fourth-order valence-electron chi connectivity index (χ4n) is 5.64. The lowest BCUT2D eigenvalue weighted by Gasteiger charge is -2.48. The summed E-state index contributed by atoms with van der Waals surface area (Å²) in [6.45, 7) is 4.47. The quantitative estimate of drug-likeness (QED) is 0.633. The van der Waals surface area contributed by atoms with Crippen LogP contribution in [0.15, 0.2) is 48.5 Å². The first kappa shape index (κ1) is 21.6. The van der Waals surface area contributed by atoms with Gasteiger partial charge in [0.2, 0.25) is 17.8 Å². The van der Waals surface area contributed by atoms with Crippen LogP contribution in [0.3, 0.4) is 0 Å². The van der Waals surface area contributed by atoms with Gasteiger partial charge < -0.3 is 19.7 Å². The van der Waals surface area contributed by atoms with Gasteiger partial charge in [0.1, 0.15) is 12.2 Å². The van der Waals surface area contributed by atoms with Gasteiger partial charge in [-0.1, -0.05) is 24.3 Å². The lowest BCUT2D eigenvalue weighted by Crippen LogP contribution is -2.64. The van der Waals surface area contributed by atoms with Crippen molar-refractivity contribution in [1.29, 1.82) is 0 Å². The molecule has 4 heterocycles. The Hall–Kier alpha value is -3.88. The summed E-state index contributed by atoms with van der Waals surface area (Å²) in [6, 6.07) is 15.1. The van der Waals surface area contributed by atoms with Crippen molar-refractivity contribution in [3.05, 3.63) is 54.1 Å². The molecule has 9 nitrogen and oxygen atoms in total. The Kier molecular flexibility index (Phi) is 5.01. The molecule has 1 N–H and O–H groups in total. The topological polar surface area (TPSA) is 92.8 Å². The van der Waals surface area contributed by atoms with Crippen molar-refractivity contribution in [2.24, 2.45) is 0 Å². The number of aromatic nitrogens is 2. The summed E-state index contributed by atoms with van der Waals surface area (Å²) in [6.07, 6.45) is 1.68. The molecule has 9 heteroatoms. The molecule has 3 amide bonds. The molecule has 3 aliphatic heterocycles. The average molecular weight is 473 g/mol. The molecule has 0 bridgehead atoms. The minimum Gasteiger partial charge on any atom is -0.341 e. The summed E-state index contributed by atoms with van der Waals surface area (Å²) in [7, 11) is 0. The zero-order chi connectivity index (χ0) is 24.2. The van der Waals surface area contributed by atoms with Crippen LogP contribution in [-0.2, 0) is 9.59 Å². The molecule has 0 saturated carbocycles. The van der Waals surface area contributed by atoms with E-state index in [4.69, 9.17) is 4.98 Å². The first-order chi connectivity index (χ1) is 17.0. The van der Waals surface area contributed by atoms with Crippen LogP contribution in [0, 0.1) is 0 Å². The Morgan fingerprint density at radius 1 is 1.03 bits per heavy atom. The van der Waals surface area contributed by atoms with Crippen LogP contribution >= 0.6 is 0 Å². The largest absolute Gasteiger partial charge is 0.341 e. The second-order valence-electron chi connectivity index (χ2n) is 9.65. The molecule has 0 radical (unpaired) electrons. The van der Waals surface area contributed by atoms with Crippen molar-refractivity contribution in [3.8, 4) is 0 Å². The SMILES string of the molecule is CC12CCC(=O)N1c1ccccc1C(=O)N2CC(=O)N1CCCN(c2nc3ccccc3[nH]2)CC1. The highest BCUT2D eigenvalue weighted by Gasteiger charge is 2.53. The number of H-pyrrole nitrogens is 1. The Morgan fingerprint density at radius 3 is 2.69 bits per heavy atom. The number of hydrogen-bond donors (Lipinski definition) is 1. The van der Waals surface area contributed by atoms with E-state index < -0.39 is 5.66 Å². The van der Waals surface area contributed by atoms with Gasteiger partial charge in [0.05, 0.1) is 22.3 Å². The second kappa shape index (κ2) is 8.11. The van der Waals surface area contributed by atoms with Crippen molar-refractivity contribution < 1.29 is 14.4 Å². The lowest BCUT2D eigenvalue weighted by molar-refractivity contribution is -0.133. The molecule has 2 saturated heterocycles. The highest BCUT2D eigenvalue weighted by Crippen LogP contribution is 2.43. The van der Waals surface area contributed by atoms with Gasteiger partial charge in [0.15, 0.2) is 0 Å². The number of nitrogens with one attached hydrogen (secondary N) is 1. The van der Waals surface area contributed by atoms with Gasteiger partial charge in [-0.25, -0.2) is 4.98 Å². The summed E-state index contributed by atoms with van der Waals surface area (Å²) < 4.78 is 0. The van der Waals surface area contributed by atoms with Gasteiger partial charge in [0.25, 0.3) is 5.91 Å². The predicted octanol–water partition coefficient (Wildman–Crippen LogP) is 2.60. The summed E-state index contributed by atoms with van der Waals surface area (Å²) in [5.74, 6) is 0.517. The maximum absolute atomic E-state index is 13.5. The number of para-hydroxylation sites is 3. The standard InChI is InChI=1S/C26H28N6O3/c1-26-12-11-22(33)32(26)21-10-5-2-7-18(21)24(35)31(26)17-23(34)29-13-6-14-30(16-15-29)25-27-19-8-3-4-9-20(19)28-25/h2-5,7-10H,6,11-17H2,1H3,(H,27,28). The number of anilines is 2. The molecule has 3 aliphatic rings. The predicted molar refractivity (Wildman–Crippen MR) is 132 cm³/mol. The molecule has 1 aromatic heterocycles. The first-order valence-electron chi connectivity index (χ1n) is 12.2. The normalized spacial score (nSPS) is 22.4. The molecule has 3 aromatic rings. The van der Waals surface area contributed by atoms with Crippen LogP contribution in [0.25, 0.3) is 11.0 Å². The Labute approximate surface area is 203 Å². The molecular weight excluding hydrogens is 444 g/mol.